The minimum Gasteiger partial charge on any atom is -0.377 e. The largest absolute Gasteiger partial charge is 0.377 e. The number of aromatic nitrogens is 2. The fourth-order valence-corrected chi connectivity index (χ4v) is 2.16. The van der Waals surface area contributed by atoms with Gasteiger partial charge in [-0.15, -0.1) is 0 Å². The van der Waals surface area contributed by atoms with E-state index in [0.29, 0.717) is 5.82 Å². The molecular weight excluding hydrogens is 328 g/mol. The zero-order valence-corrected chi connectivity index (χ0v) is 13.2. The number of halogens is 2. The Hall–Kier alpha value is -1.33. The smallest absolute Gasteiger partial charge is 0.224 e. The van der Waals surface area contributed by atoms with Gasteiger partial charge in [-0.1, -0.05) is 6.07 Å². The summed E-state index contributed by atoms with van der Waals surface area (Å²) >= 11 is 9.19. The maximum absolute atomic E-state index is 5.80. The lowest BCUT2D eigenvalue weighted by molar-refractivity contribution is 1.11. The second-order valence-corrected chi connectivity index (χ2v) is 5.55. The van der Waals surface area contributed by atoms with Crippen molar-refractivity contribution in [3.8, 4) is 0 Å². The summed E-state index contributed by atoms with van der Waals surface area (Å²) in [6, 6.07) is 6.14. The average molecular weight is 342 g/mol. The van der Waals surface area contributed by atoms with E-state index in [9.17, 15) is 0 Å². The molecule has 6 heteroatoms. The molecule has 0 spiro atoms. The van der Waals surface area contributed by atoms with Gasteiger partial charge < -0.3 is 10.2 Å². The highest BCUT2D eigenvalue weighted by Crippen LogP contribution is 2.27. The SMILES string of the molecule is Cc1ccc(Nc2nc(Cl)ncc2Br)cc1N(C)C. The number of aryl methyl sites for hydroxylation is 1. The molecule has 0 aliphatic rings. The van der Waals surface area contributed by atoms with E-state index in [1.54, 1.807) is 6.20 Å². The maximum atomic E-state index is 5.80. The van der Waals surface area contributed by atoms with Crippen molar-refractivity contribution >= 4 is 44.7 Å². The van der Waals surface area contributed by atoms with Crippen LogP contribution in [-0.4, -0.2) is 24.1 Å². The van der Waals surface area contributed by atoms with Crippen LogP contribution in [0.15, 0.2) is 28.9 Å². The van der Waals surface area contributed by atoms with Gasteiger partial charge in [0.15, 0.2) is 0 Å². The number of anilines is 3. The summed E-state index contributed by atoms with van der Waals surface area (Å²) in [4.78, 5) is 10.1. The molecule has 0 saturated carbocycles. The van der Waals surface area contributed by atoms with Crippen LogP contribution >= 0.6 is 27.5 Å². The molecule has 0 fully saturated rings. The third-order valence-corrected chi connectivity index (χ3v) is 3.43. The van der Waals surface area contributed by atoms with Crippen LogP contribution in [0.1, 0.15) is 5.56 Å². The lowest BCUT2D eigenvalue weighted by Crippen LogP contribution is -2.10. The van der Waals surface area contributed by atoms with Gasteiger partial charge in [-0.2, -0.15) is 4.98 Å². The van der Waals surface area contributed by atoms with Crippen LogP contribution in [0, 0.1) is 6.92 Å². The van der Waals surface area contributed by atoms with Crippen LogP contribution in [0.4, 0.5) is 17.2 Å². The third kappa shape index (κ3) is 3.36. The number of nitrogens with one attached hydrogen (secondary N) is 1. The Labute approximate surface area is 126 Å². The van der Waals surface area contributed by atoms with E-state index in [0.717, 1.165) is 15.8 Å². The maximum Gasteiger partial charge on any atom is 0.224 e. The van der Waals surface area contributed by atoms with Gasteiger partial charge in [0.1, 0.15) is 5.82 Å². The van der Waals surface area contributed by atoms with Crippen LogP contribution in [0.2, 0.25) is 5.28 Å². The fraction of sp³-hybridized carbons (Fsp3) is 0.231. The van der Waals surface area contributed by atoms with Gasteiger partial charge >= 0.3 is 0 Å². The van der Waals surface area contributed by atoms with Gasteiger partial charge in [0.25, 0.3) is 0 Å². The van der Waals surface area contributed by atoms with Crippen LogP contribution in [-0.2, 0) is 0 Å². The Morgan fingerprint density at radius 3 is 2.74 bits per heavy atom. The predicted octanol–water partition coefficient (Wildman–Crippen LogP) is 4.01. The molecule has 0 bridgehead atoms. The summed E-state index contributed by atoms with van der Waals surface area (Å²) in [5, 5.41) is 3.44. The molecule has 1 aromatic heterocycles. The molecule has 0 unspecified atom stereocenters. The van der Waals surface area contributed by atoms with Crippen LogP contribution in [0.5, 0.6) is 0 Å². The molecule has 100 valence electrons. The zero-order chi connectivity index (χ0) is 14.0. The highest BCUT2D eigenvalue weighted by Gasteiger charge is 2.07. The van der Waals surface area contributed by atoms with Crippen LogP contribution < -0.4 is 10.2 Å². The van der Waals surface area contributed by atoms with Crippen molar-refractivity contribution in [2.24, 2.45) is 0 Å². The van der Waals surface area contributed by atoms with Crippen molar-refractivity contribution in [3.05, 3.63) is 39.7 Å². The number of benzene rings is 1. The molecule has 2 aromatic rings. The van der Waals surface area contributed by atoms with Crippen molar-refractivity contribution in [3.63, 3.8) is 0 Å². The van der Waals surface area contributed by atoms with E-state index in [4.69, 9.17) is 11.6 Å². The molecule has 2 rings (SSSR count). The molecule has 0 aliphatic heterocycles. The average Bonchev–Trinajstić information content (AvgIpc) is 2.36. The number of hydrogen-bond donors (Lipinski definition) is 1. The summed E-state index contributed by atoms with van der Waals surface area (Å²) in [6.07, 6.45) is 1.62. The monoisotopic (exact) mass is 340 g/mol. The zero-order valence-electron chi connectivity index (χ0n) is 10.9. The Morgan fingerprint density at radius 1 is 1.32 bits per heavy atom. The second kappa shape index (κ2) is 5.75. The Balaban J connectivity index is 2.33. The van der Waals surface area contributed by atoms with E-state index in [1.807, 2.05) is 20.2 Å². The van der Waals surface area contributed by atoms with Crippen molar-refractivity contribution in [2.75, 3.05) is 24.3 Å². The van der Waals surface area contributed by atoms with Crippen LogP contribution in [0.25, 0.3) is 0 Å². The molecule has 0 saturated heterocycles. The summed E-state index contributed by atoms with van der Waals surface area (Å²) < 4.78 is 0.767. The van der Waals surface area contributed by atoms with E-state index < -0.39 is 0 Å². The topological polar surface area (TPSA) is 41.1 Å². The summed E-state index contributed by atoms with van der Waals surface area (Å²) in [6.45, 7) is 2.08. The van der Waals surface area contributed by atoms with Crippen molar-refractivity contribution < 1.29 is 0 Å². The van der Waals surface area contributed by atoms with Crippen LogP contribution in [0.3, 0.4) is 0 Å². The van der Waals surface area contributed by atoms with Gasteiger partial charge in [0.05, 0.1) is 4.47 Å². The lowest BCUT2D eigenvalue weighted by atomic mass is 10.1. The second-order valence-electron chi connectivity index (χ2n) is 4.36. The molecule has 0 atom stereocenters. The third-order valence-electron chi connectivity index (χ3n) is 2.67. The molecule has 1 N–H and O–H groups in total. The van der Waals surface area contributed by atoms with E-state index in [1.165, 1.54) is 5.56 Å². The van der Waals surface area contributed by atoms with Gasteiger partial charge in [0.2, 0.25) is 5.28 Å². The first-order chi connectivity index (χ1) is 8.97. The predicted molar refractivity (Wildman–Crippen MR) is 83.5 cm³/mol. The Bertz CT molecular complexity index is 601. The fourth-order valence-electron chi connectivity index (χ4n) is 1.74. The minimum atomic E-state index is 0.214. The summed E-state index contributed by atoms with van der Waals surface area (Å²) in [7, 11) is 4.03. The molecule has 4 nitrogen and oxygen atoms in total. The molecule has 0 amide bonds. The first-order valence-electron chi connectivity index (χ1n) is 5.70. The lowest BCUT2D eigenvalue weighted by Gasteiger charge is -2.17. The quantitative estimate of drug-likeness (QED) is 0.856. The van der Waals surface area contributed by atoms with Crippen molar-refractivity contribution in [1.82, 2.24) is 9.97 Å². The minimum absolute atomic E-state index is 0.214. The summed E-state index contributed by atoms with van der Waals surface area (Å²) in [5.74, 6) is 0.647. The van der Waals surface area contributed by atoms with E-state index in [-0.39, 0.29) is 5.28 Å². The normalized spacial score (nSPS) is 10.4. The molecule has 0 aliphatic carbocycles. The Morgan fingerprint density at radius 2 is 2.05 bits per heavy atom. The molecule has 19 heavy (non-hydrogen) atoms. The van der Waals surface area contributed by atoms with Gasteiger partial charge in [-0.25, -0.2) is 4.98 Å². The van der Waals surface area contributed by atoms with Crippen molar-refractivity contribution in [2.45, 2.75) is 6.92 Å². The highest BCUT2D eigenvalue weighted by atomic mass is 79.9. The first kappa shape index (κ1) is 14.1. The number of rotatable bonds is 3. The molecule has 1 aromatic carbocycles. The number of hydrogen-bond acceptors (Lipinski definition) is 4. The van der Waals surface area contributed by atoms with Crippen molar-refractivity contribution in [1.29, 1.82) is 0 Å². The van der Waals surface area contributed by atoms with Gasteiger partial charge in [0, 0.05) is 31.7 Å². The molecular formula is C13H14BrClN4. The van der Waals surface area contributed by atoms with E-state index >= 15 is 0 Å². The first-order valence-corrected chi connectivity index (χ1v) is 6.87. The molecule has 0 radical (unpaired) electrons. The van der Waals surface area contributed by atoms with Gasteiger partial charge in [-0.3, -0.25) is 0 Å². The number of nitrogens with zero attached hydrogens (tertiary/aromatic N) is 3. The molecule has 1 heterocycles. The highest BCUT2D eigenvalue weighted by molar-refractivity contribution is 9.10. The standard InChI is InChI=1S/C13H14BrClN4/c1-8-4-5-9(6-11(8)19(2)3)17-12-10(14)7-16-13(15)18-12/h4-7H,1-3H3,(H,16,17,18). The van der Waals surface area contributed by atoms with E-state index in [2.05, 4.69) is 55.2 Å². The summed E-state index contributed by atoms with van der Waals surface area (Å²) in [5.41, 5.74) is 3.32. The Kier molecular flexibility index (Phi) is 4.27. The van der Waals surface area contributed by atoms with Gasteiger partial charge in [-0.05, 0) is 52.2 Å².